The van der Waals surface area contributed by atoms with Crippen LogP contribution >= 0.6 is 23.2 Å². The van der Waals surface area contributed by atoms with Gasteiger partial charge in [0.25, 0.3) is 5.91 Å². The van der Waals surface area contributed by atoms with Crippen LogP contribution in [0.5, 0.6) is 0 Å². The van der Waals surface area contributed by atoms with Crippen molar-refractivity contribution in [1.82, 2.24) is 4.90 Å². The molecule has 1 fully saturated rings. The first-order valence-corrected chi connectivity index (χ1v) is 6.63. The zero-order valence-electron chi connectivity index (χ0n) is 10.3. The van der Waals surface area contributed by atoms with Gasteiger partial charge in [-0.25, -0.2) is 0 Å². The molecular formula is C13H13Cl2NO3. The Morgan fingerprint density at radius 1 is 1.32 bits per heavy atom. The van der Waals surface area contributed by atoms with E-state index in [2.05, 4.69) is 0 Å². The Bertz CT molecular complexity index is 533. The highest BCUT2D eigenvalue weighted by atomic mass is 35.5. The molecule has 1 saturated heterocycles. The van der Waals surface area contributed by atoms with Gasteiger partial charge in [0.2, 0.25) is 0 Å². The summed E-state index contributed by atoms with van der Waals surface area (Å²) in [7, 11) is 0. The summed E-state index contributed by atoms with van der Waals surface area (Å²) in [6.45, 7) is 2.45. The van der Waals surface area contributed by atoms with Crippen molar-refractivity contribution in [3.63, 3.8) is 0 Å². The lowest BCUT2D eigenvalue weighted by Crippen LogP contribution is -2.30. The second-order valence-corrected chi connectivity index (χ2v) is 5.60. The number of rotatable bonds is 2. The minimum absolute atomic E-state index is 0.0700. The lowest BCUT2D eigenvalue weighted by Gasteiger charge is -2.16. The Labute approximate surface area is 120 Å². The van der Waals surface area contributed by atoms with Gasteiger partial charge in [-0.15, -0.1) is 0 Å². The van der Waals surface area contributed by atoms with E-state index in [-0.39, 0.29) is 18.4 Å². The number of nitrogens with zero attached hydrogens (tertiary/aromatic N) is 1. The van der Waals surface area contributed by atoms with E-state index in [0.717, 1.165) is 0 Å². The van der Waals surface area contributed by atoms with Gasteiger partial charge in [-0.2, -0.15) is 0 Å². The first-order valence-electron chi connectivity index (χ1n) is 5.87. The number of aliphatic carboxylic acids is 1. The molecule has 0 radical (unpaired) electrons. The number of amides is 1. The Morgan fingerprint density at radius 3 is 2.58 bits per heavy atom. The van der Waals surface area contributed by atoms with Gasteiger partial charge < -0.3 is 10.0 Å². The van der Waals surface area contributed by atoms with Crippen molar-refractivity contribution in [2.24, 2.45) is 11.8 Å². The van der Waals surface area contributed by atoms with Crippen molar-refractivity contribution in [2.45, 2.75) is 6.92 Å². The molecular weight excluding hydrogens is 289 g/mol. The quantitative estimate of drug-likeness (QED) is 0.914. The van der Waals surface area contributed by atoms with Crippen LogP contribution in [0.25, 0.3) is 0 Å². The smallest absolute Gasteiger partial charge is 0.308 e. The highest BCUT2D eigenvalue weighted by molar-refractivity contribution is 6.35. The van der Waals surface area contributed by atoms with Crippen molar-refractivity contribution in [2.75, 3.05) is 13.1 Å². The second-order valence-electron chi connectivity index (χ2n) is 4.76. The summed E-state index contributed by atoms with van der Waals surface area (Å²) in [6, 6.07) is 4.67. The van der Waals surface area contributed by atoms with E-state index in [9.17, 15) is 9.59 Å². The molecule has 1 N–H and O–H groups in total. The molecule has 1 aliphatic heterocycles. The average Bonchev–Trinajstić information content (AvgIpc) is 2.74. The van der Waals surface area contributed by atoms with Gasteiger partial charge in [0.05, 0.1) is 16.5 Å². The fourth-order valence-corrected chi connectivity index (χ4v) is 2.66. The van der Waals surface area contributed by atoms with E-state index in [1.807, 2.05) is 6.92 Å². The number of carbonyl (C=O) groups is 2. The lowest BCUT2D eigenvalue weighted by atomic mass is 9.99. The molecule has 0 aromatic heterocycles. The van der Waals surface area contributed by atoms with Gasteiger partial charge in [0.1, 0.15) is 0 Å². The van der Waals surface area contributed by atoms with Crippen molar-refractivity contribution in [3.05, 3.63) is 33.8 Å². The van der Waals surface area contributed by atoms with E-state index >= 15 is 0 Å². The first-order chi connectivity index (χ1) is 8.90. The highest BCUT2D eigenvalue weighted by Crippen LogP contribution is 2.28. The van der Waals surface area contributed by atoms with Crippen molar-refractivity contribution < 1.29 is 14.7 Å². The Balaban J connectivity index is 2.22. The van der Waals surface area contributed by atoms with Crippen LogP contribution in [-0.2, 0) is 4.79 Å². The summed E-state index contributed by atoms with van der Waals surface area (Å²) in [5, 5.41) is 9.81. The van der Waals surface area contributed by atoms with Crippen LogP contribution in [0.2, 0.25) is 10.0 Å². The largest absolute Gasteiger partial charge is 0.481 e. The first kappa shape index (κ1) is 14.2. The van der Waals surface area contributed by atoms with Crippen LogP contribution in [0.15, 0.2) is 18.2 Å². The van der Waals surface area contributed by atoms with E-state index in [1.54, 1.807) is 12.1 Å². The van der Waals surface area contributed by atoms with Gasteiger partial charge in [0, 0.05) is 18.1 Å². The van der Waals surface area contributed by atoms with Crippen LogP contribution in [-0.4, -0.2) is 35.0 Å². The predicted molar refractivity (Wildman–Crippen MR) is 72.7 cm³/mol. The third kappa shape index (κ3) is 2.85. The Kier molecular flexibility index (Phi) is 4.02. The second kappa shape index (κ2) is 5.39. The van der Waals surface area contributed by atoms with Crippen LogP contribution < -0.4 is 0 Å². The molecule has 0 saturated carbocycles. The molecule has 2 atom stereocenters. The van der Waals surface area contributed by atoms with Crippen LogP contribution in [0.1, 0.15) is 17.3 Å². The van der Waals surface area contributed by atoms with Crippen molar-refractivity contribution in [3.8, 4) is 0 Å². The minimum Gasteiger partial charge on any atom is -0.481 e. The number of likely N-dealkylation sites (tertiary alicyclic amines) is 1. The van der Waals surface area contributed by atoms with E-state index in [1.165, 1.54) is 11.0 Å². The topological polar surface area (TPSA) is 57.6 Å². The standard InChI is InChI=1S/C13H13Cl2NO3/c1-7-5-16(6-10(7)13(18)19)12(17)9-4-8(14)2-3-11(9)15/h2-4,7,10H,5-6H2,1H3,(H,18,19)/t7-,10-/m1/s1. The number of hydrogen-bond acceptors (Lipinski definition) is 2. The molecule has 19 heavy (non-hydrogen) atoms. The van der Waals surface area contributed by atoms with Crippen LogP contribution in [0.4, 0.5) is 0 Å². The molecule has 1 aromatic rings. The molecule has 1 heterocycles. The van der Waals surface area contributed by atoms with E-state index < -0.39 is 11.9 Å². The van der Waals surface area contributed by atoms with Gasteiger partial charge in [-0.3, -0.25) is 9.59 Å². The fourth-order valence-electron chi connectivity index (χ4n) is 2.29. The highest BCUT2D eigenvalue weighted by Gasteiger charge is 2.37. The molecule has 6 heteroatoms. The normalized spacial score (nSPS) is 22.6. The number of halogens is 2. The molecule has 0 bridgehead atoms. The Morgan fingerprint density at radius 2 is 2.00 bits per heavy atom. The molecule has 1 amide bonds. The number of hydrogen-bond donors (Lipinski definition) is 1. The fraction of sp³-hybridized carbons (Fsp3) is 0.385. The van der Waals surface area contributed by atoms with Crippen molar-refractivity contribution >= 4 is 35.1 Å². The maximum absolute atomic E-state index is 12.3. The lowest BCUT2D eigenvalue weighted by molar-refractivity contribution is -0.142. The molecule has 2 rings (SSSR count). The van der Waals surface area contributed by atoms with Gasteiger partial charge in [-0.05, 0) is 24.1 Å². The Hall–Kier alpha value is -1.26. The molecule has 0 spiro atoms. The van der Waals surface area contributed by atoms with Crippen molar-refractivity contribution in [1.29, 1.82) is 0 Å². The molecule has 1 aliphatic rings. The summed E-state index contributed by atoms with van der Waals surface area (Å²) < 4.78 is 0. The maximum atomic E-state index is 12.3. The van der Waals surface area contributed by atoms with Crippen LogP contribution in [0, 0.1) is 11.8 Å². The summed E-state index contributed by atoms with van der Waals surface area (Å²) in [5.74, 6) is -1.75. The molecule has 0 unspecified atom stereocenters. The van der Waals surface area contributed by atoms with Crippen LogP contribution in [0.3, 0.4) is 0 Å². The number of benzene rings is 1. The summed E-state index contributed by atoms with van der Waals surface area (Å²) in [4.78, 5) is 24.9. The number of carbonyl (C=O) groups excluding carboxylic acids is 1. The average molecular weight is 302 g/mol. The van der Waals surface area contributed by atoms with Gasteiger partial charge in [-0.1, -0.05) is 30.1 Å². The molecule has 1 aromatic carbocycles. The monoisotopic (exact) mass is 301 g/mol. The number of carboxylic acids is 1. The SMILES string of the molecule is C[C@@H]1CN(C(=O)c2cc(Cl)ccc2Cl)C[C@H]1C(=O)O. The zero-order valence-corrected chi connectivity index (χ0v) is 11.8. The molecule has 102 valence electrons. The summed E-state index contributed by atoms with van der Waals surface area (Å²) in [6.07, 6.45) is 0. The van der Waals surface area contributed by atoms with E-state index in [0.29, 0.717) is 22.2 Å². The molecule has 0 aliphatic carbocycles. The maximum Gasteiger partial charge on any atom is 0.308 e. The zero-order chi connectivity index (χ0) is 14.2. The summed E-state index contributed by atoms with van der Waals surface area (Å²) >= 11 is 11.8. The third-order valence-electron chi connectivity index (χ3n) is 3.38. The summed E-state index contributed by atoms with van der Waals surface area (Å²) in [5.41, 5.74) is 0.312. The van der Waals surface area contributed by atoms with E-state index in [4.69, 9.17) is 28.3 Å². The number of carboxylic acid groups (broad SMARTS) is 1. The minimum atomic E-state index is -0.875. The molecule has 4 nitrogen and oxygen atoms in total. The predicted octanol–water partition coefficient (Wildman–Crippen LogP) is 2.79. The third-order valence-corrected chi connectivity index (χ3v) is 3.94. The van der Waals surface area contributed by atoms with Gasteiger partial charge >= 0.3 is 5.97 Å². The van der Waals surface area contributed by atoms with Gasteiger partial charge in [0.15, 0.2) is 0 Å².